The first-order chi connectivity index (χ1) is 10.1. The number of anilines is 1. The van der Waals surface area contributed by atoms with E-state index in [1.54, 1.807) is 24.3 Å². The van der Waals surface area contributed by atoms with Gasteiger partial charge >= 0.3 is 6.03 Å². The molecular formula is C14H10F2N4O. The molecule has 0 aliphatic carbocycles. The fraction of sp³-hybridized carbons (Fsp3) is 0.0714. The summed E-state index contributed by atoms with van der Waals surface area (Å²) in [6, 6.07) is 9.33. The maximum Gasteiger partial charge on any atom is 0.350 e. The molecule has 0 aliphatic rings. The van der Waals surface area contributed by atoms with Crippen molar-refractivity contribution in [3.05, 3.63) is 54.1 Å². The van der Waals surface area contributed by atoms with Crippen LogP contribution in [0.3, 0.4) is 0 Å². The lowest BCUT2D eigenvalue weighted by molar-refractivity contribution is 0.246. The van der Waals surface area contributed by atoms with Crippen LogP contribution in [0, 0.1) is 11.6 Å². The van der Waals surface area contributed by atoms with Crippen LogP contribution in [-0.4, -0.2) is 28.1 Å². The minimum absolute atomic E-state index is 0.0408. The van der Waals surface area contributed by atoms with Crippen molar-refractivity contribution in [2.75, 3.05) is 11.9 Å². The van der Waals surface area contributed by atoms with Gasteiger partial charge in [-0.3, -0.25) is 4.90 Å². The quantitative estimate of drug-likeness (QED) is 0.692. The van der Waals surface area contributed by atoms with Crippen molar-refractivity contribution >= 4 is 22.8 Å². The van der Waals surface area contributed by atoms with E-state index in [9.17, 15) is 13.6 Å². The Balaban J connectivity index is 2.01. The highest BCUT2D eigenvalue weighted by atomic mass is 19.1. The summed E-state index contributed by atoms with van der Waals surface area (Å²) in [7, 11) is 1.38. The van der Waals surface area contributed by atoms with Crippen molar-refractivity contribution in [2.24, 2.45) is 0 Å². The van der Waals surface area contributed by atoms with Gasteiger partial charge in [0.05, 0.1) is 11.2 Å². The van der Waals surface area contributed by atoms with Crippen LogP contribution in [0.2, 0.25) is 0 Å². The first kappa shape index (κ1) is 13.2. The van der Waals surface area contributed by atoms with Crippen LogP contribution in [0.25, 0.3) is 11.0 Å². The average molecular weight is 288 g/mol. The van der Waals surface area contributed by atoms with Gasteiger partial charge < -0.3 is 0 Å². The number of hydrogen-bond donors (Lipinski definition) is 0. The van der Waals surface area contributed by atoms with Crippen molar-refractivity contribution < 1.29 is 13.6 Å². The van der Waals surface area contributed by atoms with E-state index in [0.29, 0.717) is 11.0 Å². The second kappa shape index (κ2) is 4.93. The first-order valence-corrected chi connectivity index (χ1v) is 6.11. The monoisotopic (exact) mass is 288 g/mol. The van der Waals surface area contributed by atoms with Crippen molar-refractivity contribution in [3.63, 3.8) is 0 Å². The van der Waals surface area contributed by atoms with E-state index in [2.05, 4.69) is 10.3 Å². The van der Waals surface area contributed by atoms with E-state index in [1.807, 2.05) is 0 Å². The van der Waals surface area contributed by atoms with Gasteiger partial charge in [-0.1, -0.05) is 17.3 Å². The summed E-state index contributed by atoms with van der Waals surface area (Å²) in [4.78, 5) is 13.4. The van der Waals surface area contributed by atoms with Gasteiger partial charge in [-0.2, -0.15) is 4.68 Å². The average Bonchev–Trinajstić information content (AvgIpc) is 2.90. The molecule has 3 rings (SSSR count). The number of carbonyl (C=O) groups is 1. The van der Waals surface area contributed by atoms with Gasteiger partial charge in [-0.05, 0) is 24.3 Å². The van der Waals surface area contributed by atoms with Crippen LogP contribution in [0.4, 0.5) is 19.3 Å². The van der Waals surface area contributed by atoms with Gasteiger partial charge in [0.15, 0.2) is 0 Å². The fourth-order valence-corrected chi connectivity index (χ4v) is 2.01. The molecule has 1 amide bonds. The summed E-state index contributed by atoms with van der Waals surface area (Å²) < 4.78 is 27.7. The Morgan fingerprint density at radius 1 is 1.19 bits per heavy atom. The molecule has 1 heterocycles. The summed E-state index contributed by atoms with van der Waals surface area (Å²) in [5.74, 6) is -1.53. The van der Waals surface area contributed by atoms with Crippen LogP contribution >= 0.6 is 0 Å². The highest BCUT2D eigenvalue weighted by molar-refractivity contribution is 5.97. The predicted octanol–water partition coefficient (Wildman–Crippen LogP) is 2.81. The molecule has 0 saturated heterocycles. The van der Waals surface area contributed by atoms with Gasteiger partial charge in [0, 0.05) is 13.1 Å². The van der Waals surface area contributed by atoms with Crippen molar-refractivity contribution in [2.45, 2.75) is 0 Å². The SMILES string of the molecule is CN(C(=O)n1nnc2ccccc21)c1ccc(F)cc1F. The number of hydrogen-bond acceptors (Lipinski definition) is 3. The number of benzene rings is 2. The maximum absolute atomic E-state index is 13.7. The van der Waals surface area contributed by atoms with Crippen LogP contribution < -0.4 is 4.90 Å². The summed E-state index contributed by atoms with van der Waals surface area (Å²) in [5, 5.41) is 7.63. The number of para-hydroxylation sites is 1. The lowest BCUT2D eigenvalue weighted by Crippen LogP contribution is -2.32. The molecular weight excluding hydrogens is 278 g/mol. The normalized spacial score (nSPS) is 10.8. The van der Waals surface area contributed by atoms with Crippen LogP contribution in [0.15, 0.2) is 42.5 Å². The molecule has 2 aromatic carbocycles. The van der Waals surface area contributed by atoms with Crippen molar-refractivity contribution in [3.8, 4) is 0 Å². The Labute approximate surface area is 118 Å². The smallest absolute Gasteiger partial charge is 0.293 e. The third-order valence-corrected chi connectivity index (χ3v) is 3.09. The van der Waals surface area contributed by atoms with Gasteiger partial charge in [0.1, 0.15) is 17.2 Å². The number of halogens is 2. The third-order valence-electron chi connectivity index (χ3n) is 3.09. The summed E-state index contributed by atoms with van der Waals surface area (Å²) in [6.45, 7) is 0. The minimum atomic E-state index is -0.824. The topological polar surface area (TPSA) is 51.0 Å². The first-order valence-electron chi connectivity index (χ1n) is 6.11. The van der Waals surface area contributed by atoms with E-state index in [0.717, 1.165) is 21.7 Å². The van der Waals surface area contributed by atoms with Crippen molar-refractivity contribution in [1.82, 2.24) is 15.0 Å². The molecule has 0 spiro atoms. The van der Waals surface area contributed by atoms with Crippen LogP contribution in [0.5, 0.6) is 0 Å². The third kappa shape index (κ3) is 2.22. The van der Waals surface area contributed by atoms with E-state index in [-0.39, 0.29) is 5.69 Å². The summed E-state index contributed by atoms with van der Waals surface area (Å²) >= 11 is 0. The number of aromatic nitrogens is 3. The van der Waals surface area contributed by atoms with Crippen LogP contribution in [-0.2, 0) is 0 Å². The zero-order chi connectivity index (χ0) is 15.0. The maximum atomic E-state index is 13.7. The Bertz CT molecular complexity index is 831. The molecule has 1 aromatic heterocycles. The molecule has 21 heavy (non-hydrogen) atoms. The Morgan fingerprint density at radius 2 is 1.95 bits per heavy atom. The lowest BCUT2D eigenvalue weighted by Gasteiger charge is -2.17. The molecule has 0 N–H and O–H groups in total. The zero-order valence-corrected chi connectivity index (χ0v) is 11.0. The molecule has 0 fully saturated rings. The fourth-order valence-electron chi connectivity index (χ4n) is 2.01. The number of nitrogens with zero attached hydrogens (tertiary/aromatic N) is 4. The van der Waals surface area contributed by atoms with Crippen LogP contribution in [0.1, 0.15) is 0 Å². The second-order valence-electron chi connectivity index (χ2n) is 4.43. The molecule has 5 nitrogen and oxygen atoms in total. The van der Waals surface area contributed by atoms with E-state index in [4.69, 9.17) is 0 Å². The highest BCUT2D eigenvalue weighted by Crippen LogP contribution is 2.20. The number of fused-ring (bicyclic) bond motifs is 1. The second-order valence-corrected chi connectivity index (χ2v) is 4.43. The van der Waals surface area contributed by atoms with E-state index < -0.39 is 17.7 Å². The number of carbonyl (C=O) groups excluding carboxylic acids is 1. The van der Waals surface area contributed by atoms with Crippen molar-refractivity contribution in [1.29, 1.82) is 0 Å². The molecule has 7 heteroatoms. The Hall–Kier alpha value is -2.83. The Morgan fingerprint density at radius 3 is 2.71 bits per heavy atom. The minimum Gasteiger partial charge on any atom is -0.293 e. The number of amides is 1. The molecule has 0 aliphatic heterocycles. The molecule has 3 aromatic rings. The molecule has 0 atom stereocenters. The van der Waals surface area contributed by atoms with E-state index in [1.165, 1.54) is 13.1 Å². The van der Waals surface area contributed by atoms with Gasteiger partial charge in [0.2, 0.25) is 0 Å². The Kier molecular flexibility index (Phi) is 3.09. The van der Waals surface area contributed by atoms with E-state index >= 15 is 0 Å². The molecule has 0 bridgehead atoms. The zero-order valence-electron chi connectivity index (χ0n) is 11.0. The molecule has 106 valence electrons. The highest BCUT2D eigenvalue weighted by Gasteiger charge is 2.20. The molecule has 0 unspecified atom stereocenters. The number of rotatable bonds is 1. The molecule has 0 radical (unpaired) electrons. The molecule has 0 saturated carbocycles. The summed E-state index contributed by atoms with van der Waals surface area (Å²) in [6.07, 6.45) is 0. The summed E-state index contributed by atoms with van der Waals surface area (Å²) in [5.41, 5.74) is 1.02. The predicted molar refractivity (Wildman–Crippen MR) is 73.1 cm³/mol. The lowest BCUT2D eigenvalue weighted by atomic mass is 10.3. The van der Waals surface area contributed by atoms with Gasteiger partial charge in [-0.15, -0.1) is 5.10 Å². The van der Waals surface area contributed by atoms with Gasteiger partial charge in [0.25, 0.3) is 0 Å². The largest absolute Gasteiger partial charge is 0.350 e. The van der Waals surface area contributed by atoms with Gasteiger partial charge in [-0.25, -0.2) is 13.6 Å². The standard InChI is InChI=1S/C14H10F2N4O/c1-19(12-7-6-9(15)8-10(12)16)14(21)20-13-5-3-2-4-11(13)17-18-20/h2-8H,1H3.